The number of amides is 1. The minimum atomic E-state index is -0.313. The molecule has 0 aliphatic heterocycles. The van der Waals surface area contributed by atoms with Gasteiger partial charge in [0.2, 0.25) is 0 Å². The minimum absolute atomic E-state index is 0.0803. The highest BCUT2D eigenvalue weighted by atomic mass is 32.2. The van der Waals surface area contributed by atoms with Gasteiger partial charge in [0.15, 0.2) is 0 Å². The van der Waals surface area contributed by atoms with Gasteiger partial charge in [-0.25, -0.2) is 0 Å². The summed E-state index contributed by atoms with van der Waals surface area (Å²) in [5.74, 6) is 0.0687. The summed E-state index contributed by atoms with van der Waals surface area (Å²) in [6, 6.07) is 11.7. The molecule has 1 aromatic carbocycles. The fraction of sp³-hybridized carbons (Fsp3) is 0.0625. The van der Waals surface area contributed by atoms with Crippen LogP contribution in [-0.4, -0.2) is 22.4 Å². The predicted molar refractivity (Wildman–Crippen MR) is 93.5 cm³/mol. The summed E-state index contributed by atoms with van der Waals surface area (Å²) in [6.07, 6.45) is 5.15. The van der Waals surface area contributed by atoms with Gasteiger partial charge in [-0.05, 0) is 35.9 Å². The topological polar surface area (TPSA) is 68.0 Å². The van der Waals surface area contributed by atoms with Crippen molar-refractivity contribution in [3.8, 4) is 11.5 Å². The molecule has 7 heteroatoms. The van der Waals surface area contributed by atoms with Crippen molar-refractivity contribution in [3.63, 3.8) is 0 Å². The van der Waals surface area contributed by atoms with Crippen LogP contribution in [0.2, 0.25) is 0 Å². The highest BCUT2D eigenvalue weighted by Crippen LogP contribution is 2.29. The second kappa shape index (κ2) is 7.26. The van der Waals surface area contributed by atoms with E-state index in [9.17, 15) is 4.79 Å². The molecule has 3 rings (SSSR count). The number of nitrogens with one attached hydrogen (secondary N) is 1. The SMILES string of the molecule is CSc1ccccc1-c1nnc(NC(=O)C=Cc2cccs2)o1. The number of benzene rings is 1. The van der Waals surface area contributed by atoms with Crippen molar-refractivity contribution in [2.45, 2.75) is 4.90 Å². The first kappa shape index (κ1) is 15.5. The predicted octanol–water partition coefficient (Wildman–Crippen LogP) is 4.17. The van der Waals surface area contributed by atoms with Gasteiger partial charge in [0.1, 0.15) is 0 Å². The van der Waals surface area contributed by atoms with Crippen LogP contribution in [0.25, 0.3) is 17.5 Å². The van der Waals surface area contributed by atoms with E-state index in [0.717, 1.165) is 15.3 Å². The fourth-order valence-corrected chi connectivity index (χ4v) is 3.10. The highest BCUT2D eigenvalue weighted by Gasteiger charge is 2.12. The molecule has 0 atom stereocenters. The molecule has 1 amide bonds. The Morgan fingerprint density at radius 2 is 2.13 bits per heavy atom. The number of hydrogen-bond acceptors (Lipinski definition) is 6. The number of anilines is 1. The number of nitrogens with zero attached hydrogens (tertiary/aromatic N) is 2. The molecule has 1 N–H and O–H groups in total. The van der Waals surface area contributed by atoms with E-state index >= 15 is 0 Å². The standard InChI is InChI=1S/C16H13N3O2S2/c1-22-13-7-3-2-6-12(13)15-18-19-16(21-15)17-14(20)9-8-11-5-4-10-23-11/h2-10H,1H3,(H,17,19,20). The summed E-state index contributed by atoms with van der Waals surface area (Å²) in [5.41, 5.74) is 0.849. The van der Waals surface area contributed by atoms with Crippen LogP contribution < -0.4 is 5.32 Å². The Morgan fingerprint density at radius 3 is 2.91 bits per heavy atom. The lowest BCUT2D eigenvalue weighted by atomic mass is 10.2. The normalized spacial score (nSPS) is 11.0. The number of rotatable bonds is 5. The molecule has 2 aromatic heterocycles. The Balaban J connectivity index is 1.71. The second-order valence-corrected chi connectivity index (χ2v) is 6.28. The van der Waals surface area contributed by atoms with Crippen LogP contribution in [0.5, 0.6) is 0 Å². The number of carbonyl (C=O) groups excluding carboxylic acids is 1. The summed E-state index contributed by atoms with van der Waals surface area (Å²) in [4.78, 5) is 13.9. The van der Waals surface area contributed by atoms with E-state index in [1.54, 1.807) is 29.2 Å². The van der Waals surface area contributed by atoms with Crippen molar-refractivity contribution in [1.82, 2.24) is 10.2 Å². The van der Waals surface area contributed by atoms with Gasteiger partial charge in [0.25, 0.3) is 11.8 Å². The van der Waals surface area contributed by atoms with Crippen molar-refractivity contribution < 1.29 is 9.21 Å². The molecule has 0 spiro atoms. The average molecular weight is 343 g/mol. The van der Waals surface area contributed by atoms with Gasteiger partial charge in [-0.2, -0.15) is 0 Å². The summed E-state index contributed by atoms with van der Waals surface area (Å²) >= 11 is 3.15. The van der Waals surface area contributed by atoms with E-state index in [2.05, 4.69) is 15.5 Å². The van der Waals surface area contributed by atoms with Gasteiger partial charge in [0, 0.05) is 15.8 Å². The molecule has 0 fully saturated rings. The lowest BCUT2D eigenvalue weighted by molar-refractivity contribution is -0.112. The highest BCUT2D eigenvalue weighted by molar-refractivity contribution is 7.98. The Morgan fingerprint density at radius 1 is 1.26 bits per heavy atom. The van der Waals surface area contributed by atoms with E-state index in [1.165, 1.54) is 6.08 Å². The van der Waals surface area contributed by atoms with E-state index in [1.807, 2.05) is 48.0 Å². The van der Waals surface area contributed by atoms with E-state index < -0.39 is 0 Å². The molecule has 0 aliphatic rings. The lowest BCUT2D eigenvalue weighted by Gasteiger charge is -2.01. The third-order valence-corrected chi connectivity index (χ3v) is 4.57. The second-order valence-electron chi connectivity index (χ2n) is 4.45. The van der Waals surface area contributed by atoms with Crippen molar-refractivity contribution in [1.29, 1.82) is 0 Å². The molecule has 5 nitrogen and oxygen atoms in total. The molecule has 0 saturated heterocycles. The maximum Gasteiger partial charge on any atom is 0.322 e. The van der Waals surface area contributed by atoms with E-state index in [-0.39, 0.29) is 11.9 Å². The Labute approximate surface area is 141 Å². The molecule has 3 aromatic rings. The lowest BCUT2D eigenvalue weighted by Crippen LogP contribution is -2.07. The van der Waals surface area contributed by atoms with Crippen LogP contribution in [-0.2, 0) is 4.79 Å². The van der Waals surface area contributed by atoms with Gasteiger partial charge in [0.05, 0.1) is 5.56 Å². The molecule has 23 heavy (non-hydrogen) atoms. The van der Waals surface area contributed by atoms with Crippen LogP contribution in [0.1, 0.15) is 4.88 Å². The number of thioether (sulfide) groups is 1. The van der Waals surface area contributed by atoms with Gasteiger partial charge in [-0.1, -0.05) is 23.3 Å². The number of aromatic nitrogens is 2. The van der Waals surface area contributed by atoms with Gasteiger partial charge < -0.3 is 4.42 Å². The zero-order chi connectivity index (χ0) is 16.1. The smallest absolute Gasteiger partial charge is 0.322 e. The molecular weight excluding hydrogens is 330 g/mol. The molecule has 2 heterocycles. The Bertz CT molecular complexity index is 825. The molecule has 0 saturated carbocycles. The molecule has 116 valence electrons. The van der Waals surface area contributed by atoms with Crippen LogP contribution >= 0.6 is 23.1 Å². The van der Waals surface area contributed by atoms with Crippen LogP contribution in [0, 0.1) is 0 Å². The molecule has 0 aliphatic carbocycles. The van der Waals surface area contributed by atoms with Crippen LogP contribution in [0.15, 0.2) is 57.2 Å². The Hall–Kier alpha value is -2.38. The van der Waals surface area contributed by atoms with Crippen LogP contribution in [0.4, 0.5) is 6.01 Å². The Kier molecular flexibility index (Phi) is 4.89. The van der Waals surface area contributed by atoms with Gasteiger partial charge >= 0.3 is 6.01 Å². The molecular formula is C16H13N3O2S2. The zero-order valence-corrected chi connectivity index (χ0v) is 13.9. The van der Waals surface area contributed by atoms with Gasteiger partial charge in [-0.3, -0.25) is 10.1 Å². The zero-order valence-electron chi connectivity index (χ0n) is 12.2. The quantitative estimate of drug-likeness (QED) is 0.556. The molecule has 0 bridgehead atoms. The van der Waals surface area contributed by atoms with Crippen LogP contribution in [0.3, 0.4) is 0 Å². The summed E-state index contributed by atoms with van der Waals surface area (Å²) in [5, 5.41) is 12.4. The fourth-order valence-electron chi connectivity index (χ4n) is 1.89. The van der Waals surface area contributed by atoms with Crippen molar-refractivity contribution in [2.24, 2.45) is 0 Å². The van der Waals surface area contributed by atoms with Crippen molar-refractivity contribution >= 4 is 41.1 Å². The molecule has 0 radical (unpaired) electrons. The first-order valence-corrected chi connectivity index (χ1v) is 8.86. The maximum absolute atomic E-state index is 11.9. The summed E-state index contributed by atoms with van der Waals surface area (Å²) in [7, 11) is 0. The van der Waals surface area contributed by atoms with Crippen molar-refractivity contribution in [3.05, 3.63) is 52.7 Å². The monoisotopic (exact) mass is 343 g/mol. The minimum Gasteiger partial charge on any atom is -0.403 e. The average Bonchev–Trinajstić information content (AvgIpc) is 3.24. The summed E-state index contributed by atoms with van der Waals surface area (Å²) in [6.45, 7) is 0. The largest absolute Gasteiger partial charge is 0.403 e. The van der Waals surface area contributed by atoms with E-state index in [0.29, 0.717) is 5.89 Å². The molecule has 0 unspecified atom stereocenters. The van der Waals surface area contributed by atoms with E-state index in [4.69, 9.17) is 4.42 Å². The first-order chi connectivity index (χ1) is 11.3. The van der Waals surface area contributed by atoms with Gasteiger partial charge in [-0.15, -0.1) is 28.2 Å². The number of thiophene rings is 1. The maximum atomic E-state index is 11.9. The third-order valence-electron chi connectivity index (χ3n) is 2.93. The third kappa shape index (κ3) is 3.88. The number of carbonyl (C=O) groups is 1. The van der Waals surface area contributed by atoms with Crippen molar-refractivity contribution in [2.75, 3.05) is 11.6 Å². The summed E-state index contributed by atoms with van der Waals surface area (Å²) < 4.78 is 5.52. The number of hydrogen-bond donors (Lipinski definition) is 1. The first-order valence-electron chi connectivity index (χ1n) is 6.76.